The zero-order valence-electron chi connectivity index (χ0n) is 9.10. The van der Waals surface area contributed by atoms with E-state index in [2.05, 4.69) is 0 Å². The average Bonchev–Trinajstić information content (AvgIpc) is 2.68. The van der Waals surface area contributed by atoms with Crippen molar-refractivity contribution in [1.82, 2.24) is 0 Å². The van der Waals surface area contributed by atoms with Gasteiger partial charge in [-0.1, -0.05) is 32.1 Å². The van der Waals surface area contributed by atoms with Crippen LogP contribution in [0.5, 0.6) is 0 Å². The Bertz CT molecular complexity index is 190. The number of nitrogens with two attached hydrogens (primary N) is 1. The molecule has 0 aromatic carbocycles. The topological polar surface area (TPSA) is 46.2 Å². The molecule has 82 valence electrons. The summed E-state index contributed by atoms with van der Waals surface area (Å²) < 4.78 is 0. The van der Waals surface area contributed by atoms with E-state index in [1.165, 1.54) is 32.1 Å². The minimum absolute atomic E-state index is 0.0712. The second-order valence-corrected chi connectivity index (χ2v) is 5.28. The molecule has 2 aliphatic carbocycles. The van der Waals surface area contributed by atoms with Crippen molar-refractivity contribution < 1.29 is 5.11 Å². The quantitative estimate of drug-likeness (QED) is 0.713. The molecule has 2 rings (SSSR count). The molecule has 14 heavy (non-hydrogen) atoms. The van der Waals surface area contributed by atoms with Crippen LogP contribution in [0.2, 0.25) is 0 Å². The Labute approximate surface area is 86.9 Å². The summed E-state index contributed by atoms with van der Waals surface area (Å²) in [4.78, 5) is 0. The molecule has 0 spiro atoms. The van der Waals surface area contributed by atoms with Crippen LogP contribution in [0.4, 0.5) is 0 Å². The fourth-order valence-electron chi connectivity index (χ4n) is 3.58. The monoisotopic (exact) mass is 197 g/mol. The molecule has 3 N–H and O–H groups in total. The minimum Gasteiger partial charge on any atom is -0.389 e. The van der Waals surface area contributed by atoms with Crippen LogP contribution in [0, 0.1) is 5.41 Å². The molecule has 0 amide bonds. The Hall–Kier alpha value is -0.0800. The smallest absolute Gasteiger partial charge is 0.0715 e. The summed E-state index contributed by atoms with van der Waals surface area (Å²) >= 11 is 0. The zero-order chi connectivity index (χ0) is 10.1. The predicted molar refractivity (Wildman–Crippen MR) is 58.0 cm³/mol. The minimum atomic E-state index is -0.415. The summed E-state index contributed by atoms with van der Waals surface area (Å²) in [6, 6.07) is 0. The molecule has 0 heterocycles. The predicted octanol–water partition coefficient (Wildman–Crippen LogP) is 2.20. The third kappa shape index (κ3) is 1.49. The Morgan fingerprint density at radius 2 is 1.36 bits per heavy atom. The molecule has 0 aromatic rings. The van der Waals surface area contributed by atoms with Crippen molar-refractivity contribution in [1.29, 1.82) is 0 Å². The molecular weight excluding hydrogens is 174 g/mol. The Kier molecular flexibility index (Phi) is 2.85. The molecule has 2 aliphatic rings. The highest BCUT2D eigenvalue weighted by molar-refractivity contribution is 5.03. The van der Waals surface area contributed by atoms with Crippen LogP contribution in [0.25, 0.3) is 0 Å². The van der Waals surface area contributed by atoms with Gasteiger partial charge in [-0.15, -0.1) is 0 Å². The number of hydrogen-bond donors (Lipinski definition) is 2. The summed E-state index contributed by atoms with van der Waals surface area (Å²) in [5.41, 5.74) is 5.60. The molecule has 2 heteroatoms. The molecular formula is C12H23NO. The lowest BCUT2D eigenvalue weighted by Gasteiger charge is -2.47. The van der Waals surface area contributed by atoms with E-state index < -0.39 is 5.60 Å². The second-order valence-electron chi connectivity index (χ2n) is 5.28. The van der Waals surface area contributed by atoms with Gasteiger partial charge in [0.2, 0.25) is 0 Å². The van der Waals surface area contributed by atoms with Gasteiger partial charge in [-0.05, 0) is 25.7 Å². The van der Waals surface area contributed by atoms with Gasteiger partial charge in [-0.25, -0.2) is 0 Å². The maximum atomic E-state index is 10.7. The first-order chi connectivity index (χ1) is 6.72. The summed E-state index contributed by atoms with van der Waals surface area (Å²) in [6.45, 7) is 0.684. The van der Waals surface area contributed by atoms with E-state index in [0.717, 1.165) is 25.7 Å². The van der Waals surface area contributed by atoms with Crippen molar-refractivity contribution in [3.05, 3.63) is 0 Å². The van der Waals surface area contributed by atoms with E-state index in [4.69, 9.17) is 5.73 Å². The summed E-state index contributed by atoms with van der Waals surface area (Å²) in [5.74, 6) is 0. The van der Waals surface area contributed by atoms with E-state index in [0.29, 0.717) is 6.54 Å². The van der Waals surface area contributed by atoms with Gasteiger partial charge in [0.15, 0.2) is 0 Å². The highest BCUT2D eigenvalue weighted by Gasteiger charge is 2.50. The van der Waals surface area contributed by atoms with Crippen LogP contribution >= 0.6 is 0 Å². The van der Waals surface area contributed by atoms with Crippen molar-refractivity contribution in [2.24, 2.45) is 11.1 Å². The van der Waals surface area contributed by atoms with Crippen LogP contribution in [0.15, 0.2) is 0 Å². The van der Waals surface area contributed by atoms with Crippen molar-refractivity contribution in [2.45, 2.75) is 63.4 Å². The van der Waals surface area contributed by atoms with Crippen molar-refractivity contribution in [3.8, 4) is 0 Å². The zero-order valence-corrected chi connectivity index (χ0v) is 9.10. The van der Waals surface area contributed by atoms with E-state index in [9.17, 15) is 5.11 Å². The molecule has 0 atom stereocenters. The van der Waals surface area contributed by atoms with Gasteiger partial charge >= 0.3 is 0 Å². The van der Waals surface area contributed by atoms with Gasteiger partial charge in [0, 0.05) is 12.0 Å². The van der Waals surface area contributed by atoms with E-state index in [1.807, 2.05) is 0 Å². The lowest BCUT2D eigenvalue weighted by atomic mass is 9.62. The third-order valence-electron chi connectivity index (χ3n) is 4.62. The van der Waals surface area contributed by atoms with Crippen LogP contribution in [0.3, 0.4) is 0 Å². The maximum absolute atomic E-state index is 10.7. The first-order valence-corrected chi connectivity index (χ1v) is 6.15. The first kappa shape index (κ1) is 10.4. The van der Waals surface area contributed by atoms with Crippen LogP contribution in [-0.2, 0) is 0 Å². The molecule has 0 aliphatic heterocycles. The van der Waals surface area contributed by atoms with E-state index >= 15 is 0 Å². The highest BCUT2D eigenvalue weighted by atomic mass is 16.3. The third-order valence-corrected chi connectivity index (χ3v) is 4.62. The summed E-state index contributed by atoms with van der Waals surface area (Å²) in [7, 11) is 0. The van der Waals surface area contributed by atoms with Crippen molar-refractivity contribution >= 4 is 0 Å². The Balaban J connectivity index is 2.16. The number of hydrogen-bond acceptors (Lipinski definition) is 2. The lowest BCUT2D eigenvalue weighted by molar-refractivity contribution is -0.0940. The van der Waals surface area contributed by atoms with Crippen LogP contribution in [0.1, 0.15) is 57.8 Å². The van der Waals surface area contributed by atoms with E-state index in [1.54, 1.807) is 0 Å². The Morgan fingerprint density at radius 3 is 1.86 bits per heavy atom. The van der Waals surface area contributed by atoms with Gasteiger partial charge in [0.25, 0.3) is 0 Å². The van der Waals surface area contributed by atoms with Gasteiger partial charge in [-0.3, -0.25) is 0 Å². The van der Waals surface area contributed by atoms with Crippen LogP contribution in [-0.4, -0.2) is 17.3 Å². The maximum Gasteiger partial charge on any atom is 0.0715 e. The van der Waals surface area contributed by atoms with E-state index in [-0.39, 0.29) is 5.41 Å². The largest absolute Gasteiger partial charge is 0.389 e. The van der Waals surface area contributed by atoms with Gasteiger partial charge < -0.3 is 10.8 Å². The fraction of sp³-hybridized carbons (Fsp3) is 1.00. The molecule has 2 nitrogen and oxygen atoms in total. The molecule has 0 saturated heterocycles. The highest BCUT2D eigenvalue weighted by Crippen LogP contribution is 2.51. The molecule has 0 radical (unpaired) electrons. The normalized spacial score (nSPS) is 30.4. The summed E-state index contributed by atoms with van der Waals surface area (Å²) in [5, 5.41) is 10.7. The average molecular weight is 197 g/mol. The second kappa shape index (κ2) is 3.82. The molecule has 0 unspecified atom stereocenters. The molecule has 0 aromatic heterocycles. The first-order valence-electron chi connectivity index (χ1n) is 6.15. The van der Waals surface area contributed by atoms with Crippen molar-refractivity contribution in [2.75, 3.05) is 6.54 Å². The lowest BCUT2D eigenvalue weighted by Crippen LogP contribution is -2.52. The standard InChI is InChI=1S/C12H23NO/c13-10-11(6-2-1-3-7-11)12(14)8-4-5-9-12/h14H,1-10,13H2. The molecule has 2 fully saturated rings. The Morgan fingerprint density at radius 1 is 0.857 bits per heavy atom. The molecule has 0 bridgehead atoms. The number of rotatable bonds is 2. The summed E-state index contributed by atoms with van der Waals surface area (Å²) in [6.07, 6.45) is 10.5. The van der Waals surface area contributed by atoms with Crippen LogP contribution < -0.4 is 5.73 Å². The van der Waals surface area contributed by atoms with Crippen molar-refractivity contribution in [3.63, 3.8) is 0 Å². The van der Waals surface area contributed by atoms with Gasteiger partial charge in [0.05, 0.1) is 5.60 Å². The SMILES string of the molecule is NCC1(C2(O)CCCC2)CCCCC1. The number of aliphatic hydroxyl groups is 1. The fourth-order valence-corrected chi connectivity index (χ4v) is 3.58. The van der Waals surface area contributed by atoms with Gasteiger partial charge in [0.1, 0.15) is 0 Å². The molecule has 2 saturated carbocycles. The van der Waals surface area contributed by atoms with Gasteiger partial charge in [-0.2, -0.15) is 0 Å².